The van der Waals surface area contributed by atoms with Crippen LogP contribution in [0, 0.1) is 20.8 Å². The third-order valence-electron chi connectivity index (χ3n) is 5.80. The summed E-state index contributed by atoms with van der Waals surface area (Å²) in [6.07, 6.45) is 0. The van der Waals surface area contributed by atoms with E-state index in [0.717, 1.165) is 27.2 Å². The van der Waals surface area contributed by atoms with E-state index >= 15 is 0 Å². The first-order valence-electron chi connectivity index (χ1n) is 10.8. The molecule has 0 saturated carbocycles. The number of amides is 3. The lowest BCUT2D eigenvalue weighted by Gasteiger charge is -2.17. The molecule has 0 saturated heterocycles. The standard InChI is InChI=1S/C27H24N2O5/c1-16-8-9-18(3)23(12-16)29-25(31)21-11-10-19(13-22(21)26(29)32)27(33)34-15-24(30)28-14-20-7-5-4-6-17(20)2/h4-13H,14-15H2,1-3H3,(H,28,30). The molecule has 1 N–H and O–H groups in total. The summed E-state index contributed by atoms with van der Waals surface area (Å²) >= 11 is 0. The van der Waals surface area contributed by atoms with Crippen LogP contribution < -0.4 is 10.2 Å². The van der Waals surface area contributed by atoms with Crippen molar-refractivity contribution in [3.8, 4) is 0 Å². The van der Waals surface area contributed by atoms with E-state index in [1.165, 1.54) is 18.2 Å². The number of benzene rings is 3. The van der Waals surface area contributed by atoms with Gasteiger partial charge in [0.1, 0.15) is 0 Å². The number of carbonyl (C=O) groups excluding carboxylic acids is 4. The van der Waals surface area contributed by atoms with Crippen LogP contribution in [0.5, 0.6) is 0 Å². The summed E-state index contributed by atoms with van der Waals surface area (Å²) in [5, 5.41) is 2.71. The highest BCUT2D eigenvalue weighted by molar-refractivity contribution is 6.35. The van der Waals surface area contributed by atoms with Gasteiger partial charge in [-0.1, -0.05) is 36.4 Å². The third kappa shape index (κ3) is 4.45. The van der Waals surface area contributed by atoms with Gasteiger partial charge in [-0.15, -0.1) is 0 Å². The van der Waals surface area contributed by atoms with Crippen molar-refractivity contribution < 1.29 is 23.9 Å². The number of nitrogens with one attached hydrogen (secondary N) is 1. The van der Waals surface area contributed by atoms with Crippen molar-refractivity contribution in [3.05, 3.63) is 99.6 Å². The molecule has 0 atom stereocenters. The number of imide groups is 1. The Morgan fingerprint density at radius 3 is 2.35 bits per heavy atom. The molecule has 4 rings (SSSR count). The molecule has 1 aliphatic heterocycles. The zero-order valence-electron chi connectivity index (χ0n) is 19.2. The normalized spacial score (nSPS) is 12.5. The van der Waals surface area contributed by atoms with E-state index in [-0.39, 0.29) is 16.7 Å². The Hall–Kier alpha value is -4.26. The predicted octanol–water partition coefficient (Wildman–Crippen LogP) is 3.89. The molecule has 0 unspecified atom stereocenters. The van der Waals surface area contributed by atoms with Gasteiger partial charge in [-0.05, 0) is 67.3 Å². The fraction of sp³-hybridized carbons (Fsp3) is 0.185. The van der Waals surface area contributed by atoms with Crippen LogP contribution in [-0.2, 0) is 16.1 Å². The largest absolute Gasteiger partial charge is 0.452 e. The predicted molar refractivity (Wildman–Crippen MR) is 127 cm³/mol. The van der Waals surface area contributed by atoms with E-state index in [2.05, 4.69) is 5.32 Å². The SMILES string of the molecule is Cc1ccc(C)c(N2C(=O)c3ccc(C(=O)OCC(=O)NCc4ccccc4C)cc3C2=O)c1. The van der Waals surface area contributed by atoms with Crippen LogP contribution in [0.25, 0.3) is 0 Å². The van der Waals surface area contributed by atoms with Gasteiger partial charge >= 0.3 is 5.97 Å². The number of rotatable bonds is 6. The minimum atomic E-state index is -0.751. The second-order valence-electron chi connectivity index (χ2n) is 8.28. The molecule has 0 bridgehead atoms. The summed E-state index contributed by atoms with van der Waals surface area (Å²) in [5.41, 5.74) is 4.68. The summed E-state index contributed by atoms with van der Waals surface area (Å²) in [7, 11) is 0. The summed E-state index contributed by atoms with van der Waals surface area (Å²) in [5.74, 6) is -2.13. The minimum Gasteiger partial charge on any atom is -0.452 e. The summed E-state index contributed by atoms with van der Waals surface area (Å²) in [6, 6.07) is 17.4. The van der Waals surface area contributed by atoms with E-state index in [4.69, 9.17) is 4.74 Å². The second kappa shape index (κ2) is 9.31. The van der Waals surface area contributed by atoms with Gasteiger partial charge < -0.3 is 10.1 Å². The average molecular weight is 456 g/mol. The summed E-state index contributed by atoms with van der Waals surface area (Å²) in [6.45, 7) is 5.52. The van der Waals surface area contributed by atoms with Crippen molar-refractivity contribution in [2.24, 2.45) is 0 Å². The maximum absolute atomic E-state index is 13.0. The number of hydrogen-bond donors (Lipinski definition) is 1. The number of esters is 1. The number of nitrogens with zero attached hydrogens (tertiary/aromatic N) is 1. The molecule has 0 spiro atoms. The van der Waals surface area contributed by atoms with E-state index in [1.807, 2.05) is 57.2 Å². The Labute approximate surface area is 197 Å². The number of anilines is 1. The Bertz CT molecular complexity index is 1330. The van der Waals surface area contributed by atoms with Crippen molar-refractivity contribution in [2.45, 2.75) is 27.3 Å². The molecule has 7 nitrogen and oxygen atoms in total. The molecular weight excluding hydrogens is 432 g/mol. The third-order valence-corrected chi connectivity index (χ3v) is 5.80. The maximum Gasteiger partial charge on any atom is 0.338 e. The topological polar surface area (TPSA) is 92.8 Å². The van der Waals surface area contributed by atoms with Gasteiger partial charge in [0.05, 0.1) is 22.4 Å². The fourth-order valence-corrected chi connectivity index (χ4v) is 3.81. The lowest BCUT2D eigenvalue weighted by molar-refractivity contribution is -0.124. The number of aryl methyl sites for hydroxylation is 3. The number of ether oxygens (including phenoxy) is 1. The molecule has 0 fully saturated rings. The first kappa shape index (κ1) is 22.9. The van der Waals surface area contributed by atoms with Crippen LogP contribution in [0.1, 0.15) is 53.3 Å². The van der Waals surface area contributed by atoms with Gasteiger partial charge in [0.2, 0.25) is 0 Å². The van der Waals surface area contributed by atoms with Gasteiger partial charge in [-0.2, -0.15) is 0 Å². The van der Waals surface area contributed by atoms with Crippen molar-refractivity contribution >= 4 is 29.4 Å². The average Bonchev–Trinajstić information content (AvgIpc) is 3.07. The lowest BCUT2D eigenvalue weighted by atomic mass is 10.1. The van der Waals surface area contributed by atoms with Gasteiger partial charge in [0.15, 0.2) is 6.61 Å². The lowest BCUT2D eigenvalue weighted by Crippen LogP contribution is -2.30. The molecule has 1 aliphatic rings. The summed E-state index contributed by atoms with van der Waals surface area (Å²) < 4.78 is 5.12. The van der Waals surface area contributed by atoms with Crippen LogP contribution >= 0.6 is 0 Å². The molecule has 0 radical (unpaired) electrons. The van der Waals surface area contributed by atoms with E-state index in [1.54, 1.807) is 6.07 Å². The van der Waals surface area contributed by atoms with Crippen LogP contribution in [0.15, 0.2) is 60.7 Å². The van der Waals surface area contributed by atoms with Crippen LogP contribution in [0.2, 0.25) is 0 Å². The monoisotopic (exact) mass is 456 g/mol. The summed E-state index contributed by atoms with van der Waals surface area (Å²) in [4.78, 5) is 51.7. The molecule has 172 valence electrons. The first-order valence-corrected chi connectivity index (χ1v) is 10.8. The second-order valence-corrected chi connectivity index (χ2v) is 8.28. The molecule has 3 aromatic rings. The maximum atomic E-state index is 13.0. The molecule has 3 aromatic carbocycles. The molecular formula is C27H24N2O5. The van der Waals surface area contributed by atoms with Gasteiger partial charge in [-0.3, -0.25) is 14.4 Å². The molecule has 7 heteroatoms. The number of carbonyl (C=O) groups is 4. The Morgan fingerprint density at radius 1 is 0.853 bits per heavy atom. The Kier molecular flexibility index (Phi) is 6.27. The van der Waals surface area contributed by atoms with Gasteiger partial charge in [-0.25, -0.2) is 9.69 Å². The smallest absolute Gasteiger partial charge is 0.338 e. The Balaban J connectivity index is 1.43. The van der Waals surface area contributed by atoms with Crippen molar-refractivity contribution in [3.63, 3.8) is 0 Å². The van der Waals surface area contributed by atoms with E-state index in [9.17, 15) is 19.2 Å². The van der Waals surface area contributed by atoms with E-state index < -0.39 is 30.3 Å². The number of fused-ring (bicyclic) bond motifs is 1. The molecule has 1 heterocycles. The highest BCUT2D eigenvalue weighted by Crippen LogP contribution is 2.31. The molecule has 0 aliphatic carbocycles. The van der Waals surface area contributed by atoms with Crippen molar-refractivity contribution in [2.75, 3.05) is 11.5 Å². The molecule has 3 amide bonds. The Morgan fingerprint density at radius 2 is 1.59 bits per heavy atom. The minimum absolute atomic E-state index is 0.0921. The zero-order valence-corrected chi connectivity index (χ0v) is 19.2. The van der Waals surface area contributed by atoms with Crippen molar-refractivity contribution in [1.82, 2.24) is 5.32 Å². The zero-order chi connectivity index (χ0) is 24.4. The van der Waals surface area contributed by atoms with Crippen LogP contribution in [-0.4, -0.2) is 30.3 Å². The fourth-order valence-electron chi connectivity index (χ4n) is 3.81. The number of hydrogen-bond acceptors (Lipinski definition) is 5. The highest BCUT2D eigenvalue weighted by atomic mass is 16.5. The highest BCUT2D eigenvalue weighted by Gasteiger charge is 2.38. The van der Waals surface area contributed by atoms with E-state index in [0.29, 0.717) is 12.2 Å². The van der Waals surface area contributed by atoms with Crippen molar-refractivity contribution in [1.29, 1.82) is 0 Å². The molecule has 0 aromatic heterocycles. The first-order chi connectivity index (χ1) is 16.3. The van der Waals surface area contributed by atoms with Gasteiger partial charge in [0.25, 0.3) is 17.7 Å². The van der Waals surface area contributed by atoms with Crippen LogP contribution in [0.4, 0.5) is 5.69 Å². The van der Waals surface area contributed by atoms with Crippen LogP contribution in [0.3, 0.4) is 0 Å². The molecule has 34 heavy (non-hydrogen) atoms. The van der Waals surface area contributed by atoms with Gasteiger partial charge in [0, 0.05) is 6.54 Å². The quantitative estimate of drug-likeness (QED) is 0.449.